The average molecular weight is 309 g/mol. The van der Waals surface area contributed by atoms with Gasteiger partial charge in [-0.05, 0) is 44.8 Å². The van der Waals surface area contributed by atoms with Crippen molar-refractivity contribution in [2.45, 2.75) is 19.3 Å². The highest BCUT2D eigenvalue weighted by Gasteiger charge is 2.25. The molecule has 22 heavy (non-hydrogen) atoms. The van der Waals surface area contributed by atoms with E-state index in [-0.39, 0.29) is 11.5 Å². The first-order valence-electron chi connectivity index (χ1n) is 7.40. The predicted molar refractivity (Wildman–Crippen MR) is 80.2 cm³/mol. The lowest BCUT2D eigenvalue weighted by Crippen LogP contribution is -2.39. The van der Waals surface area contributed by atoms with Crippen molar-refractivity contribution in [3.05, 3.63) is 39.7 Å². The van der Waals surface area contributed by atoms with Crippen LogP contribution in [0.15, 0.2) is 18.2 Å². The molecule has 0 bridgehead atoms. The molecule has 1 aliphatic heterocycles. The van der Waals surface area contributed by atoms with Gasteiger partial charge >= 0.3 is 0 Å². The summed E-state index contributed by atoms with van der Waals surface area (Å²) in [5, 5.41) is 13.9. The molecule has 7 heteroatoms. The minimum atomic E-state index is -0.763. The summed E-state index contributed by atoms with van der Waals surface area (Å²) in [7, 11) is 1.91. The lowest BCUT2D eigenvalue weighted by atomic mass is 9.93. The average Bonchev–Trinajstić information content (AvgIpc) is 2.52. The highest BCUT2D eigenvalue weighted by molar-refractivity contribution is 5.94. The Bertz CT molecular complexity index is 557. The van der Waals surface area contributed by atoms with Crippen molar-refractivity contribution < 1.29 is 14.1 Å². The molecule has 1 heterocycles. The molecule has 0 spiro atoms. The fourth-order valence-corrected chi connectivity index (χ4v) is 2.76. The van der Waals surface area contributed by atoms with E-state index in [0.717, 1.165) is 44.0 Å². The number of non-ortho nitro benzene ring substituents is 1. The van der Waals surface area contributed by atoms with Gasteiger partial charge in [0.15, 0.2) is 0 Å². The van der Waals surface area contributed by atoms with Crippen LogP contribution in [0, 0.1) is 21.8 Å². The Kier molecular flexibility index (Phi) is 5.43. The number of nitro benzene ring substituents is 1. The van der Waals surface area contributed by atoms with Gasteiger partial charge in [-0.2, -0.15) is 0 Å². The number of nitrogens with one attached hydrogen (secondary N) is 1. The second kappa shape index (κ2) is 7.31. The summed E-state index contributed by atoms with van der Waals surface area (Å²) in [6.07, 6.45) is 2.89. The molecular weight excluding hydrogens is 289 g/mol. The summed E-state index contributed by atoms with van der Waals surface area (Å²) in [6.45, 7) is 2.17. The van der Waals surface area contributed by atoms with Gasteiger partial charge in [0.25, 0.3) is 11.6 Å². The molecule has 0 aliphatic carbocycles. The monoisotopic (exact) mass is 309 g/mol. The Labute approximate surface area is 128 Å². The van der Waals surface area contributed by atoms with Crippen molar-refractivity contribution in [2.75, 3.05) is 26.7 Å². The largest absolute Gasteiger partial charge is 0.339 e. The number of benzene rings is 1. The van der Waals surface area contributed by atoms with Gasteiger partial charge in [-0.1, -0.05) is 0 Å². The number of hydrogen-bond acceptors (Lipinski definition) is 4. The number of rotatable bonds is 5. The molecule has 1 fully saturated rings. The van der Waals surface area contributed by atoms with Crippen molar-refractivity contribution in [3.63, 3.8) is 0 Å². The smallest absolute Gasteiger partial charge is 0.273 e. The van der Waals surface area contributed by atoms with E-state index in [1.165, 1.54) is 0 Å². The summed E-state index contributed by atoms with van der Waals surface area (Å²) in [6, 6.07) is 3.02. The number of nitro groups is 1. The molecule has 0 unspecified atom stereocenters. The van der Waals surface area contributed by atoms with Gasteiger partial charge in [-0.25, -0.2) is 4.39 Å². The zero-order valence-corrected chi connectivity index (χ0v) is 12.5. The molecule has 0 saturated carbocycles. The van der Waals surface area contributed by atoms with Crippen LogP contribution >= 0.6 is 0 Å². The fraction of sp³-hybridized carbons (Fsp3) is 0.533. The molecule has 2 rings (SSSR count). The van der Waals surface area contributed by atoms with Crippen LogP contribution in [0.1, 0.15) is 29.6 Å². The van der Waals surface area contributed by atoms with E-state index < -0.39 is 16.4 Å². The number of halogens is 1. The highest BCUT2D eigenvalue weighted by atomic mass is 19.1. The third kappa shape index (κ3) is 4.00. The van der Waals surface area contributed by atoms with Gasteiger partial charge in [0.1, 0.15) is 5.82 Å². The third-order valence-electron chi connectivity index (χ3n) is 4.04. The molecule has 1 aromatic rings. The zero-order valence-electron chi connectivity index (χ0n) is 12.5. The summed E-state index contributed by atoms with van der Waals surface area (Å²) < 4.78 is 13.4. The highest BCUT2D eigenvalue weighted by Crippen LogP contribution is 2.23. The number of piperidine rings is 1. The standard InChI is InChI=1S/C15H20FN3O3/c1-17-5-2-11-3-6-18(7-4-11)15(20)12-8-13(16)10-14(9-12)19(21)22/h8-11,17H,2-7H2,1H3. The first-order chi connectivity index (χ1) is 10.5. The summed E-state index contributed by atoms with van der Waals surface area (Å²) in [5.41, 5.74) is -0.354. The molecule has 1 aliphatic rings. The topological polar surface area (TPSA) is 75.5 Å². The van der Waals surface area contributed by atoms with Crippen LogP contribution in [0.2, 0.25) is 0 Å². The van der Waals surface area contributed by atoms with Crippen molar-refractivity contribution in [1.82, 2.24) is 10.2 Å². The van der Waals surface area contributed by atoms with Gasteiger partial charge in [0.05, 0.1) is 11.0 Å². The van der Waals surface area contributed by atoms with Crippen LogP contribution in [0.3, 0.4) is 0 Å². The maximum absolute atomic E-state index is 13.4. The maximum Gasteiger partial charge on any atom is 0.273 e. The Morgan fingerprint density at radius 1 is 1.41 bits per heavy atom. The predicted octanol–water partition coefficient (Wildman–Crippen LogP) is 2.20. The van der Waals surface area contributed by atoms with Crippen LogP contribution in [0.25, 0.3) is 0 Å². The Morgan fingerprint density at radius 3 is 2.68 bits per heavy atom. The molecule has 1 N–H and O–H groups in total. The Balaban J connectivity index is 2.02. The van der Waals surface area contributed by atoms with Crippen LogP contribution in [0.4, 0.5) is 10.1 Å². The molecule has 1 saturated heterocycles. The van der Waals surface area contributed by atoms with Crippen molar-refractivity contribution >= 4 is 11.6 Å². The number of hydrogen-bond donors (Lipinski definition) is 1. The van der Waals surface area contributed by atoms with Crippen molar-refractivity contribution in [3.8, 4) is 0 Å². The summed E-state index contributed by atoms with van der Waals surface area (Å²) in [5.74, 6) is -0.519. The zero-order chi connectivity index (χ0) is 16.1. The van der Waals surface area contributed by atoms with E-state index in [4.69, 9.17) is 0 Å². The van der Waals surface area contributed by atoms with Gasteiger partial charge in [-0.3, -0.25) is 14.9 Å². The first kappa shape index (κ1) is 16.4. The molecule has 0 atom stereocenters. The van der Waals surface area contributed by atoms with Crippen molar-refractivity contribution in [1.29, 1.82) is 0 Å². The molecule has 0 radical (unpaired) electrons. The molecular formula is C15H20FN3O3. The van der Waals surface area contributed by atoms with E-state index in [1.54, 1.807) is 4.90 Å². The molecule has 6 nitrogen and oxygen atoms in total. The number of likely N-dealkylation sites (tertiary alicyclic amines) is 1. The third-order valence-corrected chi connectivity index (χ3v) is 4.04. The lowest BCUT2D eigenvalue weighted by molar-refractivity contribution is -0.385. The van der Waals surface area contributed by atoms with Crippen molar-refractivity contribution in [2.24, 2.45) is 5.92 Å². The molecule has 1 aromatic carbocycles. The molecule has 1 amide bonds. The normalized spacial score (nSPS) is 15.8. The Hall–Kier alpha value is -2.02. The SMILES string of the molecule is CNCCC1CCN(C(=O)c2cc(F)cc([N+](=O)[O-])c2)CC1. The van der Waals surface area contributed by atoms with E-state index in [1.807, 2.05) is 7.05 Å². The quantitative estimate of drug-likeness (QED) is 0.668. The molecule has 0 aromatic heterocycles. The second-order valence-electron chi connectivity index (χ2n) is 5.58. The number of nitrogens with zero attached hydrogens (tertiary/aromatic N) is 2. The Morgan fingerprint density at radius 2 is 2.09 bits per heavy atom. The van der Waals surface area contributed by atoms with Gasteiger partial charge < -0.3 is 10.2 Å². The molecule has 120 valence electrons. The van der Waals surface area contributed by atoms with Crippen LogP contribution in [-0.4, -0.2) is 42.4 Å². The van der Waals surface area contributed by atoms with Gasteiger partial charge in [-0.15, -0.1) is 0 Å². The van der Waals surface area contributed by atoms with Gasteiger partial charge in [0.2, 0.25) is 0 Å². The minimum Gasteiger partial charge on any atom is -0.339 e. The van der Waals surface area contributed by atoms with Crippen LogP contribution in [-0.2, 0) is 0 Å². The van der Waals surface area contributed by atoms with E-state index in [9.17, 15) is 19.3 Å². The lowest BCUT2D eigenvalue weighted by Gasteiger charge is -2.32. The van der Waals surface area contributed by atoms with Gasteiger partial charge in [0, 0.05) is 24.7 Å². The first-order valence-corrected chi connectivity index (χ1v) is 7.40. The summed E-state index contributed by atoms with van der Waals surface area (Å²) >= 11 is 0. The minimum absolute atomic E-state index is 0.0420. The maximum atomic E-state index is 13.4. The van der Waals surface area contributed by atoms with Crippen LogP contribution in [0.5, 0.6) is 0 Å². The fourth-order valence-electron chi connectivity index (χ4n) is 2.76. The van der Waals surface area contributed by atoms with Crippen LogP contribution < -0.4 is 5.32 Å². The number of carbonyl (C=O) groups excluding carboxylic acids is 1. The number of carbonyl (C=O) groups is 1. The van der Waals surface area contributed by atoms with E-state index in [2.05, 4.69) is 5.32 Å². The number of amides is 1. The van der Waals surface area contributed by atoms with E-state index >= 15 is 0 Å². The second-order valence-corrected chi connectivity index (χ2v) is 5.58. The van der Waals surface area contributed by atoms with E-state index in [0.29, 0.717) is 19.0 Å². The summed E-state index contributed by atoms with van der Waals surface area (Å²) in [4.78, 5) is 24.1.